The molecule has 9 heteroatoms. The zero-order valence-electron chi connectivity index (χ0n) is 22.4. The van der Waals surface area contributed by atoms with Crippen molar-refractivity contribution in [2.45, 2.75) is 92.3 Å². The number of rotatable bonds is 11. The van der Waals surface area contributed by atoms with Crippen LogP contribution in [0.1, 0.15) is 83.6 Å². The van der Waals surface area contributed by atoms with Crippen molar-refractivity contribution in [2.75, 3.05) is 13.7 Å². The first-order valence-electron chi connectivity index (χ1n) is 12.8. The third kappa shape index (κ3) is 7.07. The molecule has 0 bridgehead atoms. The summed E-state index contributed by atoms with van der Waals surface area (Å²) in [4.78, 5) is 30.5. The quantitative estimate of drug-likeness (QED) is 0.285. The number of aromatic nitrogens is 4. The number of hydrogen-bond acceptors (Lipinski definition) is 4. The van der Waals surface area contributed by atoms with Crippen LogP contribution in [-0.4, -0.2) is 32.4 Å². The first kappa shape index (κ1) is 29.8. The van der Waals surface area contributed by atoms with Crippen molar-refractivity contribution in [3.63, 3.8) is 0 Å². The summed E-state index contributed by atoms with van der Waals surface area (Å²) < 4.78 is 23.6. The van der Waals surface area contributed by atoms with Crippen LogP contribution in [0.25, 0.3) is 11.2 Å². The minimum absolute atomic E-state index is 0.0314. The Morgan fingerprint density at radius 1 is 1.06 bits per heavy atom. The van der Waals surface area contributed by atoms with Crippen LogP contribution in [0.3, 0.4) is 0 Å². The number of ether oxygens (including phenoxy) is 1. The highest BCUT2D eigenvalue weighted by Gasteiger charge is 2.22. The zero-order valence-corrected chi connectivity index (χ0v) is 23.2. The maximum absolute atomic E-state index is 14.3. The lowest BCUT2D eigenvalue weighted by molar-refractivity contribution is 0.184. The lowest BCUT2D eigenvalue weighted by Gasteiger charge is -2.15. The third-order valence-electron chi connectivity index (χ3n) is 6.12. The van der Waals surface area contributed by atoms with E-state index < -0.39 is 17.1 Å². The van der Waals surface area contributed by atoms with Crippen molar-refractivity contribution in [3.8, 4) is 0 Å². The van der Waals surface area contributed by atoms with E-state index in [0.717, 1.165) is 4.57 Å². The van der Waals surface area contributed by atoms with Crippen molar-refractivity contribution in [1.29, 1.82) is 0 Å². The van der Waals surface area contributed by atoms with Gasteiger partial charge in [0.05, 0.1) is 19.7 Å². The molecule has 36 heavy (non-hydrogen) atoms. The van der Waals surface area contributed by atoms with Crippen LogP contribution in [0, 0.1) is 12.7 Å². The van der Waals surface area contributed by atoms with Gasteiger partial charge in [-0.1, -0.05) is 70.0 Å². The highest BCUT2D eigenvalue weighted by atomic mass is 35.5. The molecule has 0 atom stereocenters. The Morgan fingerprint density at radius 2 is 1.69 bits per heavy atom. The molecule has 0 aliphatic heterocycles. The molecular formula is C27H40ClFN4O3. The molecule has 0 saturated carbocycles. The molecule has 200 valence electrons. The first-order chi connectivity index (χ1) is 17.2. The van der Waals surface area contributed by atoms with Gasteiger partial charge in [0.1, 0.15) is 11.6 Å². The molecule has 0 N–H and O–H groups in total. The van der Waals surface area contributed by atoms with Gasteiger partial charge in [-0.15, -0.1) is 0 Å². The average Bonchev–Trinajstić information content (AvgIpc) is 3.15. The minimum Gasteiger partial charge on any atom is -0.383 e. The highest BCUT2D eigenvalue weighted by molar-refractivity contribution is 6.31. The van der Waals surface area contributed by atoms with Crippen LogP contribution >= 0.6 is 11.6 Å². The summed E-state index contributed by atoms with van der Waals surface area (Å²) in [6, 6.07) is 4.21. The van der Waals surface area contributed by atoms with Crippen molar-refractivity contribution in [3.05, 3.63) is 61.3 Å². The van der Waals surface area contributed by atoms with Crippen molar-refractivity contribution >= 4 is 22.8 Å². The SMILES string of the molecule is CCCCCCCC.COCCn1c(=O)c2c(nc(C)n2Cc2c(F)cccc2Cl)n(C(C)C)c1=O. The van der Waals surface area contributed by atoms with Gasteiger partial charge >= 0.3 is 5.69 Å². The average molecular weight is 523 g/mol. The Morgan fingerprint density at radius 3 is 2.22 bits per heavy atom. The highest BCUT2D eigenvalue weighted by Crippen LogP contribution is 2.23. The molecule has 0 unspecified atom stereocenters. The van der Waals surface area contributed by atoms with E-state index in [4.69, 9.17) is 16.3 Å². The molecule has 3 rings (SSSR count). The third-order valence-corrected chi connectivity index (χ3v) is 6.48. The molecule has 7 nitrogen and oxygen atoms in total. The van der Waals surface area contributed by atoms with Crippen LogP contribution in [0.4, 0.5) is 4.39 Å². The van der Waals surface area contributed by atoms with Crippen molar-refractivity contribution < 1.29 is 9.13 Å². The van der Waals surface area contributed by atoms with Gasteiger partial charge < -0.3 is 9.30 Å². The number of fused-ring (bicyclic) bond motifs is 1. The Kier molecular flexibility index (Phi) is 11.9. The molecule has 0 radical (unpaired) electrons. The standard InChI is InChI=1S/C19H22ClFN4O3.C8H18/c1-11(2)25-17-16(18(26)23(19(25)27)8-9-28-4)24(12(3)22-17)10-13-14(20)6-5-7-15(13)21;1-3-5-7-8-6-4-2/h5-7,11H,8-10H2,1-4H3;3-8H2,1-2H3. The van der Waals surface area contributed by atoms with Crippen LogP contribution < -0.4 is 11.2 Å². The van der Waals surface area contributed by atoms with Crippen molar-refractivity contribution in [1.82, 2.24) is 18.7 Å². The molecule has 2 aromatic heterocycles. The first-order valence-corrected chi connectivity index (χ1v) is 13.2. The molecule has 0 spiro atoms. The second kappa shape index (κ2) is 14.3. The molecule has 1 aromatic carbocycles. The predicted molar refractivity (Wildman–Crippen MR) is 145 cm³/mol. The van der Waals surface area contributed by atoms with Gasteiger partial charge in [-0.3, -0.25) is 13.9 Å². The summed E-state index contributed by atoms with van der Waals surface area (Å²) in [5, 5.41) is 0.262. The molecule has 0 aliphatic rings. The molecule has 0 saturated heterocycles. The monoisotopic (exact) mass is 522 g/mol. The Bertz CT molecular complexity index is 1220. The second-order valence-corrected chi connectivity index (χ2v) is 9.63. The molecule has 0 aliphatic carbocycles. The van der Waals surface area contributed by atoms with Crippen molar-refractivity contribution in [2.24, 2.45) is 0 Å². The summed E-state index contributed by atoms with van der Waals surface area (Å²) in [5.41, 5.74) is -0.151. The molecule has 0 amide bonds. The van der Waals surface area contributed by atoms with E-state index in [1.54, 1.807) is 17.6 Å². The van der Waals surface area contributed by atoms with Gasteiger partial charge in [0.2, 0.25) is 0 Å². The maximum Gasteiger partial charge on any atom is 0.333 e. The van der Waals surface area contributed by atoms with E-state index in [9.17, 15) is 14.0 Å². The fourth-order valence-electron chi connectivity index (χ4n) is 4.10. The number of benzene rings is 1. The maximum atomic E-state index is 14.3. The van der Waals surface area contributed by atoms with Gasteiger partial charge in [0.25, 0.3) is 5.56 Å². The lowest BCUT2D eigenvalue weighted by Crippen LogP contribution is -2.42. The molecular weight excluding hydrogens is 483 g/mol. The number of aryl methyl sites for hydroxylation is 1. The summed E-state index contributed by atoms with van der Waals surface area (Å²) >= 11 is 6.17. The van der Waals surface area contributed by atoms with Gasteiger partial charge in [-0.25, -0.2) is 14.2 Å². The van der Waals surface area contributed by atoms with E-state index in [-0.39, 0.29) is 47.5 Å². The Labute approximate surface area is 217 Å². The number of halogens is 2. The number of imidazole rings is 1. The van der Waals surface area contributed by atoms with Crippen LogP contribution in [0.2, 0.25) is 5.02 Å². The van der Waals surface area contributed by atoms with E-state index >= 15 is 0 Å². The Balaban J connectivity index is 0.000000493. The van der Waals surface area contributed by atoms with Crippen LogP contribution in [-0.2, 0) is 17.8 Å². The topological polar surface area (TPSA) is 71.1 Å². The van der Waals surface area contributed by atoms with E-state index in [1.165, 1.54) is 62.3 Å². The van der Waals surface area contributed by atoms with E-state index in [0.29, 0.717) is 5.82 Å². The smallest absolute Gasteiger partial charge is 0.333 e. The number of hydrogen-bond donors (Lipinski definition) is 0. The van der Waals surface area contributed by atoms with Gasteiger partial charge in [-0.2, -0.15) is 0 Å². The van der Waals surface area contributed by atoms with E-state index in [2.05, 4.69) is 18.8 Å². The summed E-state index contributed by atoms with van der Waals surface area (Å²) in [5.74, 6) is 0.0235. The summed E-state index contributed by atoms with van der Waals surface area (Å²) in [6.45, 7) is 10.3. The fourth-order valence-corrected chi connectivity index (χ4v) is 4.32. The largest absolute Gasteiger partial charge is 0.383 e. The number of unbranched alkanes of at least 4 members (excludes halogenated alkanes) is 5. The predicted octanol–water partition coefficient (Wildman–Crippen LogP) is 6.10. The number of nitrogens with zero attached hydrogens (tertiary/aromatic N) is 4. The molecule has 2 heterocycles. The normalized spacial score (nSPS) is 11.2. The zero-order chi connectivity index (χ0) is 26.8. The molecule has 0 fully saturated rings. The fraction of sp³-hybridized carbons (Fsp3) is 0.593. The van der Waals surface area contributed by atoms with Gasteiger partial charge in [-0.05, 0) is 32.9 Å². The Hall–Kier alpha value is -2.45. The second-order valence-electron chi connectivity index (χ2n) is 9.23. The molecule has 3 aromatic rings. The number of methoxy groups -OCH3 is 1. The van der Waals surface area contributed by atoms with Gasteiger partial charge in [0.15, 0.2) is 11.2 Å². The minimum atomic E-state index is -0.484. The van der Waals surface area contributed by atoms with Crippen LogP contribution in [0.5, 0.6) is 0 Å². The summed E-state index contributed by atoms with van der Waals surface area (Å²) in [6.07, 6.45) is 8.49. The lowest BCUT2D eigenvalue weighted by atomic mass is 10.1. The summed E-state index contributed by atoms with van der Waals surface area (Å²) in [7, 11) is 1.50. The van der Waals surface area contributed by atoms with E-state index in [1.807, 2.05) is 13.8 Å². The van der Waals surface area contributed by atoms with Gasteiger partial charge in [0, 0.05) is 23.7 Å². The van der Waals surface area contributed by atoms with Crippen LogP contribution in [0.15, 0.2) is 27.8 Å².